The fraction of sp³-hybridized carbons (Fsp3) is 0.404. The van der Waals surface area contributed by atoms with E-state index in [1.54, 1.807) is 78.9 Å². The lowest BCUT2D eigenvalue weighted by atomic mass is 9.52. The fourth-order valence-electron chi connectivity index (χ4n) is 9.66. The Morgan fingerprint density at radius 1 is 0.839 bits per heavy atom. The minimum atomic E-state index is -2.62. The van der Waals surface area contributed by atoms with Crippen molar-refractivity contribution < 1.29 is 68.1 Å². The number of ketones is 1. The predicted octanol–water partition coefficient (Wildman–Crippen LogP) is 3.50. The molecule has 2 saturated carbocycles. The summed E-state index contributed by atoms with van der Waals surface area (Å²) in [6.07, 6.45) is -11.4. The zero-order chi connectivity index (χ0) is 45.3. The molecule has 1 amide bonds. The van der Waals surface area contributed by atoms with Gasteiger partial charge in [-0.15, -0.1) is 0 Å². The molecule has 6 rings (SSSR count). The lowest BCUT2D eigenvalue weighted by Gasteiger charge is -2.57. The molecule has 3 aliphatic carbocycles. The summed E-state index contributed by atoms with van der Waals surface area (Å²) in [5.41, 5.74) is -5.81. The Labute approximate surface area is 358 Å². The van der Waals surface area contributed by atoms with Crippen LogP contribution in [0, 0.1) is 16.7 Å². The summed E-state index contributed by atoms with van der Waals surface area (Å²) in [4.78, 5) is 82.7. The first-order valence-electron chi connectivity index (χ1n) is 20.1. The average molecular weight is 854 g/mol. The van der Waals surface area contributed by atoms with Gasteiger partial charge in [-0.3, -0.25) is 19.2 Å². The number of rotatable bonds is 12. The van der Waals surface area contributed by atoms with Crippen LogP contribution < -0.4 is 5.32 Å². The van der Waals surface area contributed by atoms with Gasteiger partial charge in [0.25, 0.3) is 5.91 Å². The molecule has 15 heteroatoms. The van der Waals surface area contributed by atoms with E-state index in [9.17, 15) is 44.4 Å². The van der Waals surface area contributed by atoms with E-state index in [1.165, 1.54) is 32.9 Å². The molecule has 62 heavy (non-hydrogen) atoms. The molecule has 0 radical (unpaired) electrons. The third kappa shape index (κ3) is 7.97. The van der Waals surface area contributed by atoms with Gasteiger partial charge in [-0.05, 0) is 61.7 Å². The first-order valence-corrected chi connectivity index (χ1v) is 20.1. The van der Waals surface area contributed by atoms with Gasteiger partial charge in [0.2, 0.25) is 0 Å². The van der Waals surface area contributed by atoms with Gasteiger partial charge in [0, 0.05) is 38.2 Å². The number of carbonyl (C=O) groups is 6. The highest BCUT2D eigenvalue weighted by atomic mass is 16.6. The standard InChI is InChI=1S/C47H51NO14/c1-25(2)46-23-32(61-44(57)37(53)36(29-16-10-7-11-17-29)48-42(55)30-18-12-8-13-19-30)26(3)35(46)38(60-28(5)51)40(54)45(6)33(52)22-34(59-27(4)50)47(58,24-49)39(45)41(46)62-43(56)31-20-14-9-15-21-31/h7-21,32-34,36-39,41,49,52-53,58H,1,22-24H2,2-6H3,(H,48,55)/t32-,33-,34-,36-,37+,38+,39-,41-,45+,46-,47-/m0/s1. The summed E-state index contributed by atoms with van der Waals surface area (Å²) >= 11 is 0. The van der Waals surface area contributed by atoms with Crippen LogP contribution in [0.1, 0.15) is 79.8 Å². The molecule has 0 aromatic heterocycles. The van der Waals surface area contributed by atoms with Crippen LogP contribution in [0.5, 0.6) is 0 Å². The van der Waals surface area contributed by atoms with Crippen molar-refractivity contribution in [1.29, 1.82) is 0 Å². The van der Waals surface area contributed by atoms with E-state index in [0.717, 1.165) is 13.8 Å². The smallest absolute Gasteiger partial charge is 0.338 e. The number of aliphatic hydroxyl groups is 4. The minimum Gasteiger partial charge on any atom is -0.459 e. The Hall–Kier alpha value is -6.00. The molecule has 5 N–H and O–H groups in total. The maximum Gasteiger partial charge on any atom is 0.338 e. The number of benzene rings is 3. The highest BCUT2D eigenvalue weighted by Gasteiger charge is 2.75. The van der Waals surface area contributed by atoms with E-state index in [1.807, 2.05) is 0 Å². The Kier molecular flexibility index (Phi) is 13.0. The quantitative estimate of drug-likeness (QED) is 0.0998. The Morgan fingerprint density at radius 2 is 1.39 bits per heavy atom. The van der Waals surface area contributed by atoms with Gasteiger partial charge in [0.1, 0.15) is 23.9 Å². The predicted molar refractivity (Wildman–Crippen MR) is 220 cm³/mol. The monoisotopic (exact) mass is 853 g/mol. The summed E-state index contributed by atoms with van der Waals surface area (Å²) in [7, 11) is 0. The van der Waals surface area contributed by atoms with E-state index >= 15 is 4.79 Å². The number of ether oxygens (including phenoxy) is 4. The van der Waals surface area contributed by atoms with Gasteiger partial charge < -0.3 is 44.7 Å². The third-order valence-electron chi connectivity index (χ3n) is 12.7. The molecule has 15 nitrogen and oxygen atoms in total. The van der Waals surface area contributed by atoms with Crippen LogP contribution in [0.4, 0.5) is 0 Å². The Morgan fingerprint density at radius 3 is 1.92 bits per heavy atom. The molecule has 328 valence electrons. The minimum absolute atomic E-state index is 0.0347. The van der Waals surface area contributed by atoms with Crippen LogP contribution in [0.3, 0.4) is 0 Å². The molecule has 11 atom stereocenters. The summed E-state index contributed by atoms with van der Waals surface area (Å²) in [6, 6.07) is 22.8. The van der Waals surface area contributed by atoms with Crippen LogP contribution in [-0.2, 0) is 38.1 Å². The molecular weight excluding hydrogens is 803 g/mol. The number of fused-ring (bicyclic) bond motifs is 2. The van der Waals surface area contributed by atoms with Crippen molar-refractivity contribution >= 4 is 35.6 Å². The fourth-order valence-corrected chi connectivity index (χ4v) is 9.66. The SMILES string of the molecule is C=C(C)[C@@]12C[C@H](OC(=O)[C@H](O)[C@@H](NC(=O)c3ccccc3)c3ccccc3)C(C)=C1[C@@H](OC(C)=O)C(=O)[C@@]1(C)[C@H]([C@@H]2OC(=O)c2ccccc2)[C@](O)(CO)[C@@H](OC(C)=O)C[C@@H]1O. The summed E-state index contributed by atoms with van der Waals surface area (Å²) in [6.45, 7) is 9.49. The number of carbonyl (C=O) groups excluding carboxylic acids is 6. The number of amides is 1. The lowest BCUT2D eigenvalue weighted by Crippen LogP contribution is -2.72. The zero-order valence-corrected chi connectivity index (χ0v) is 35.0. The van der Waals surface area contributed by atoms with Crippen molar-refractivity contribution in [3.63, 3.8) is 0 Å². The van der Waals surface area contributed by atoms with Crippen molar-refractivity contribution in [2.75, 3.05) is 6.61 Å². The van der Waals surface area contributed by atoms with Gasteiger partial charge in [-0.2, -0.15) is 0 Å². The maximum absolute atomic E-state index is 15.3. The van der Waals surface area contributed by atoms with Gasteiger partial charge >= 0.3 is 23.9 Å². The number of aliphatic hydroxyl groups excluding tert-OH is 3. The second-order valence-corrected chi connectivity index (χ2v) is 16.5. The molecule has 0 spiro atoms. The second-order valence-electron chi connectivity index (χ2n) is 16.5. The molecule has 0 heterocycles. The van der Waals surface area contributed by atoms with Crippen LogP contribution in [0.15, 0.2) is 114 Å². The number of nitrogens with one attached hydrogen (secondary N) is 1. The first kappa shape index (κ1) is 45.5. The normalized spacial score (nSPS) is 30.0. The van der Waals surface area contributed by atoms with E-state index in [0.29, 0.717) is 5.56 Å². The van der Waals surface area contributed by atoms with Crippen LogP contribution >= 0.6 is 0 Å². The van der Waals surface area contributed by atoms with Crippen molar-refractivity contribution in [3.05, 3.63) is 131 Å². The number of Topliss-reactive ketones (excluding diaryl/α,β-unsaturated/α-hetero) is 1. The zero-order valence-electron chi connectivity index (χ0n) is 35.0. The third-order valence-corrected chi connectivity index (χ3v) is 12.7. The molecule has 3 aromatic rings. The van der Waals surface area contributed by atoms with Crippen molar-refractivity contribution in [2.45, 2.75) is 95.7 Å². The van der Waals surface area contributed by atoms with Gasteiger partial charge in [-0.1, -0.05) is 78.9 Å². The number of esters is 4. The van der Waals surface area contributed by atoms with Crippen LogP contribution in [-0.4, -0.2) is 105 Å². The maximum atomic E-state index is 15.3. The molecule has 0 aliphatic heterocycles. The highest BCUT2D eigenvalue weighted by Crippen LogP contribution is 2.64. The molecular formula is C47H51NO14. The number of hydrogen-bond donors (Lipinski definition) is 5. The average Bonchev–Trinajstić information content (AvgIpc) is 3.51. The number of hydrogen-bond acceptors (Lipinski definition) is 14. The van der Waals surface area contributed by atoms with Crippen molar-refractivity contribution in [3.8, 4) is 0 Å². The topological polar surface area (TPSA) is 232 Å². The summed E-state index contributed by atoms with van der Waals surface area (Å²) in [5, 5.41) is 50.3. The largest absolute Gasteiger partial charge is 0.459 e. The van der Waals surface area contributed by atoms with E-state index in [4.69, 9.17) is 18.9 Å². The lowest BCUT2D eigenvalue weighted by molar-refractivity contribution is -0.257. The molecule has 3 aromatic carbocycles. The van der Waals surface area contributed by atoms with Gasteiger partial charge in [0.05, 0.1) is 35.1 Å². The van der Waals surface area contributed by atoms with Gasteiger partial charge in [-0.25, -0.2) is 9.59 Å². The first-order chi connectivity index (χ1) is 29.3. The van der Waals surface area contributed by atoms with Crippen LogP contribution in [0.25, 0.3) is 0 Å². The molecule has 2 fully saturated rings. The Bertz CT molecular complexity index is 2260. The Balaban J connectivity index is 1.53. The van der Waals surface area contributed by atoms with Crippen molar-refractivity contribution in [2.24, 2.45) is 16.7 Å². The molecule has 0 saturated heterocycles. The van der Waals surface area contributed by atoms with Crippen molar-refractivity contribution in [1.82, 2.24) is 5.32 Å². The molecule has 0 bridgehead atoms. The van der Waals surface area contributed by atoms with Crippen LogP contribution in [0.2, 0.25) is 0 Å². The summed E-state index contributed by atoms with van der Waals surface area (Å²) < 4.78 is 23.8. The molecule has 3 aliphatic rings. The highest BCUT2D eigenvalue weighted by molar-refractivity contribution is 5.97. The van der Waals surface area contributed by atoms with E-state index in [-0.39, 0.29) is 27.8 Å². The van der Waals surface area contributed by atoms with Gasteiger partial charge in [0.15, 0.2) is 18.0 Å². The second kappa shape index (κ2) is 17.8. The summed E-state index contributed by atoms with van der Waals surface area (Å²) in [5.74, 6) is -7.39. The molecule has 0 unspecified atom stereocenters. The van der Waals surface area contributed by atoms with E-state index < -0.39 is 120 Å². The van der Waals surface area contributed by atoms with E-state index in [2.05, 4.69) is 11.9 Å².